The van der Waals surface area contributed by atoms with E-state index in [4.69, 9.17) is 28.3 Å². The Kier molecular flexibility index (Phi) is 8.77. The van der Waals surface area contributed by atoms with Crippen LogP contribution < -0.4 is 5.43 Å². The molecule has 1 aromatic carbocycles. The van der Waals surface area contributed by atoms with Crippen molar-refractivity contribution >= 4 is 64.5 Å². The van der Waals surface area contributed by atoms with Gasteiger partial charge in [0.1, 0.15) is 0 Å². The number of amides is 1. The molecule has 0 radical (unpaired) electrons. The zero-order valence-corrected chi connectivity index (χ0v) is 25.3. The Balaban J connectivity index is 1.43. The predicted octanol–water partition coefficient (Wildman–Crippen LogP) is 6.62. The number of allylic oxidation sites excluding steroid dienone is 5. The molecular formula is C27H31BrCl2N4OSe. The number of rotatable bonds is 6. The standard InChI is InChI=1S/C27H31BrCl2N4OSe/c28-24-25(27(35)32-33-15-5-2-6-16-33)31-34(22-13-10-19(29)17-21(22)30)26(24)23-14-12-20(36-23)11-9-18-7-3-1-4-8-18/h9-14,17-18H,1-8,15-16,36H2,(H,32,35). The fraction of sp³-hybridized carbons (Fsp3) is 0.407. The third-order valence-corrected chi connectivity index (χ3v) is 11.0. The SMILES string of the molecule is O=C(NN1CCCCC1)c1nn(-c2ccc(Cl)cc2Cl)c(C2=CC=C(C=CC3CCCCC3)[SeH2]2)c1Br. The molecule has 1 aromatic heterocycles. The predicted molar refractivity (Wildman–Crippen MR) is 154 cm³/mol. The summed E-state index contributed by atoms with van der Waals surface area (Å²) in [6, 6.07) is 5.36. The van der Waals surface area contributed by atoms with Gasteiger partial charge < -0.3 is 0 Å². The molecule has 5 rings (SSSR count). The van der Waals surface area contributed by atoms with E-state index in [1.807, 2.05) is 11.1 Å². The van der Waals surface area contributed by atoms with E-state index in [-0.39, 0.29) is 5.91 Å². The molecule has 2 aliphatic heterocycles. The Morgan fingerprint density at radius 3 is 2.58 bits per heavy atom. The van der Waals surface area contributed by atoms with Crippen LogP contribution in [0.3, 0.4) is 0 Å². The van der Waals surface area contributed by atoms with Crippen molar-refractivity contribution in [2.75, 3.05) is 13.1 Å². The molecule has 9 heteroatoms. The van der Waals surface area contributed by atoms with Crippen molar-refractivity contribution in [2.24, 2.45) is 5.92 Å². The number of carbonyl (C=O) groups is 1. The zero-order chi connectivity index (χ0) is 25.1. The molecule has 2 fully saturated rings. The molecule has 0 atom stereocenters. The molecule has 1 N–H and O–H groups in total. The van der Waals surface area contributed by atoms with E-state index >= 15 is 0 Å². The Morgan fingerprint density at radius 1 is 1.08 bits per heavy atom. The Labute approximate surface area is 237 Å². The van der Waals surface area contributed by atoms with Gasteiger partial charge in [0, 0.05) is 0 Å². The minimum absolute atomic E-state index is 0.210. The molecule has 192 valence electrons. The third kappa shape index (κ3) is 6.03. The first kappa shape index (κ1) is 26.3. The van der Waals surface area contributed by atoms with E-state index < -0.39 is 15.0 Å². The third-order valence-electron chi connectivity index (χ3n) is 6.96. The van der Waals surface area contributed by atoms with Crippen LogP contribution in [-0.4, -0.2) is 48.7 Å². The van der Waals surface area contributed by atoms with Gasteiger partial charge in [-0.15, -0.1) is 0 Å². The number of hydrogen-bond donors (Lipinski definition) is 1. The van der Waals surface area contributed by atoms with Gasteiger partial charge in [-0.2, -0.15) is 0 Å². The molecule has 1 saturated carbocycles. The van der Waals surface area contributed by atoms with Crippen LogP contribution in [0.15, 0.2) is 51.4 Å². The number of nitrogens with one attached hydrogen (secondary N) is 1. The van der Waals surface area contributed by atoms with Crippen molar-refractivity contribution in [3.8, 4) is 5.69 Å². The summed E-state index contributed by atoms with van der Waals surface area (Å²) < 4.78 is 5.09. The summed E-state index contributed by atoms with van der Waals surface area (Å²) in [6.45, 7) is 1.72. The van der Waals surface area contributed by atoms with Crippen LogP contribution in [0.4, 0.5) is 0 Å². The van der Waals surface area contributed by atoms with Crippen molar-refractivity contribution in [2.45, 2.75) is 51.4 Å². The summed E-state index contributed by atoms with van der Waals surface area (Å²) in [4.78, 5) is 13.3. The number of hydrazine groups is 1. The summed E-state index contributed by atoms with van der Waals surface area (Å²) in [5.74, 6) is 0.489. The Hall–Kier alpha value is -1.34. The molecule has 0 unspecified atom stereocenters. The van der Waals surface area contributed by atoms with E-state index in [0.29, 0.717) is 31.8 Å². The van der Waals surface area contributed by atoms with E-state index in [0.717, 1.165) is 31.6 Å². The second-order valence-electron chi connectivity index (χ2n) is 9.59. The fourth-order valence-electron chi connectivity index (χ4n) is 5.02. The fourth-order valence-corrected chi connectivity index (χ4v) is 8.99. The molecule has 1 saturated heterocycles. The van der Waals surface area contributed by atoms with Gasteiger partial charge in [0.25, 0.3) is 0 Å². The molecule has 1 aliphatic carbocycles. The molecular weight excluding hydrogens is 626 g/mol. The first-order valence-electron chi connectivity index (χ1n) is 12.7. The molecule has 3 aliphatic rings. The van der Waals surface area contributed by atoms with E-state index in [9.17, 15) is 4.79 Å². The number of halogens is 3. The van der Waals surface area contributed by atoms with Crippen LogP contribution in [0, 0.1) is 5.92 Å². The van der Waals surface area contributed by atoms with Gasteiger partial charge in [0.15, 0.2) is 0 Å². The number of hydrogen-bond acceptors (Lipinski definition) is 3. The van der Waals surface area contributed by atoms with Crippen molar-refractivity contribution in [3.05, 3.63) is 72.9 Å². The zero-order valence-electron chi connectivity index (χ0n) is 20.1. The number of nitrogens with zero attached hydrogens (tertiary/aromatic N) is 3. The van der Waals surface area contributed by atoms with Crippen molar-refractivity contribution in [1.82, 2.24) is 20.2 Å². The molecule has 5 nitrogen and oxygen atoms in total. The van der Waals surface area contributed by atoms with Gasteiger partial charge in [-0.25, -0.2) is 0 Å². The number of benzene rings is 1. The molecule has 36 heavy (non-hydrogen) atoms. The van der Waals surface area contributed by atoms with Crippen molar-refractivity contribution < 1.29 is 4.79 Å². The summed E-state index contributed by atoms with van der Waals surface area (Å²) in [6.07, 6.45) is 19.1. The van der Waals surface area contributed by atoms with Gasteiger partial charge in [-0.3, -0.25) is 0 Å². The average molecular weight is 657 g/mol. The van der Waals surface area contributed by atoms with Crippen LogP contribution >= 0.6 is 39.1 Å². The van der Waals surface area contributed by atoms with Crippen LogP contribution in [-0.2, 0) is 0 Å². The summed E-state index contributed by atoms with van der Waals surface area (Å²) >= 11 is 15.9. The minimum atomic E-state index is -0.593. The van der Waals surface area contributed by atoms with Gasteiger partial charge in [0.2, 0.25) is 0 Å². The first-order chi connectivity index (χ1) is 17.5. The number of aromatic nitrogens is 2. The van der Waals surface area contributed by atoms with Crippen LogP contribution in [0.5, 0.6) is 0 Å². The number of piperidine rings is 1. The van der Waals surface area contributed by atoms with Crippen molar-refractivity contribution in [1.29, 1.82) is 0 Å². The van der Waals surface area contributed by atoms with Gasteiger partial charge >= 0.3 is 238 Å². The van der Waals surface area contributed by atoms with E-state index in [1.54, 1.807) is 16.8 Å². The topological polar surface area (TPSA) is 50.2 Å². The molecule has 1 amide bonds. The molecule has 0 spiro atoms. The molecule has 3 heterocycles. The van der Waals surface area contributed by atoms with Gasteiger partial charge in [0.05, 0.1) is 0 Å². The summed E-state index contributed by atoms with van der Waals surface area (Å²) in [5, 5.41) is 7.81. The first-order valence-corrected chi connectivity index (χ1v) is 16.3. The van der Waals surface area contributed by atoms with Crippen LogP contribution in [0.2, 0.25) is 10.0 Å². The van der Waals surface area contributed by atoms with Gasteiger partial charge in [-0.05, 0) is 0 Å². The summed E-state index contributed by atoms with van der Waals surface area (Å²) in [7, 11) is 0. The quantitative estimate of drug-likeness (QED) is 0.356. The Bertz CT molecular complexity index is 1230. The maximum atomic E-state index is 13.3. The summed E-state index contributed by atoms with van der Waals surface area (Å²) in [5.41, 5.74) is 5.00. The van der Waals surface area contributed by atoms with Crippen molar-refractivity contribution in [3.63, 3.8) is 0 Å². The normalized spacial score (nSPS) is 20.6. The molecule has 0 bridgehead atoms. The second-order valence-corrected chi connectivity index (χ2v) is 14.1. The average Bonchev–Trinajstić information content (AvgIpc) is 3.48. The second kappa shape index (κ2) is 12.0. The number of carbonyl (C=O) groups excluding carboxylic acids is 1. The van der Waals surface area contributed by atoms with Gasteiger partial charge in [-0.1, -0.05) is 0 Å². The maximum absolute atomic E-state index is 13.3. The molecule has 2 aromatic rings. The monoisotopic (exact) mass is 656 g/mol. The Morgan fingerprint density at radius 2 is 1.83 bits per heavy atom. The van der Waals surface area contributed by atoms with Crippen LogP contribution in [0.25, 0.3) is 10.2 Å². The van der Waals surface area contributed by atoms with E-state index in [2.05, 4.69) is 45.7 Å². The van der Waals surface area contributed by atoms with Crippen LogP contribution in [0.1, 0.15) is 67.5 Å². The van der Waals surface area contributed by atoms with E-state index in [1.165, 1.54) is 47.5 Å².